The minimum Gasteiger partial charge on any atom is -0.480 e. The molecule has 0 saturated heterocycles. The van der Waals surface area contributed by atoms with Crippen LogP contribution < -0.4 is 5.32 Å². The van der Waals surface area contributed by atoms with Crippen molar-refractivity contribution in [2.24, 2.45) is 13.0 Å². The van der Waals surface area contributed by atoms with Gasteiger partial charge in [0.25, 0.3) is 0 Å². The number of hydrogen-bond acceptors (Lipinski definition) is 3. The highest BCUT2D eigenvalue weighted by molar-refractivity contribution is 5.90. The second-order valence-corrected chi connectivity index (χ2v) is 9.48. The molecule has 0 saturated carbocycles. The van der Waals surface area contributed by atoms with E-state index in [0.717, 1.165) is 38.4 Å². The molecule has 0 aliphatic heterocycles. The Morgan fingerprint density at radius 3 is 1.86 bits per heavy atom. The zero-order valence-electron chi connectivity index (χ0n) is 20.7. The minimum absolute atomic E-state index is 0.160. The number of carboxylic acid groups (broad SMARTS) is 1. The number of carboxylic acids is 1. The van der Waals surface area contributed by atoms with E-state index in [4.69, 9.17) is 0 Å². The normalized spacial score (nSPS) is 12.2. The molecule has 5 aromatic rings. The van der Waals surface area contributed by atoms with E-state index in [2.05, 4.69) is 58.8 Å². The molecule has 1 aromatic heterocycles. The first-order valence-electron chi connectivity index (χ1n) is 12.4. The number of benzene rings is 4. The van der Waals surface area contributed by atoms with Crippen LogP contribution in [0.5, 0.6) is 0 Å². The summed E-state index contributed by atoms with van der Waals surface area (Å²) in [6.45, 7) is 0. The predicted octanol–water partition coefficient (Wildman–Crippen LogP) is 4.94. The van der Waals surface area contributed by atoms with Crippen molar-refractivity contribution in [1.82, 2.24) is 14.9 Å². The SMILES string of the molecule is Cn1cncc1C[C@H](NC(=O)C(Cc1cccc2ccccc12)Cc1cccc2ccccc12)C(=O)O. The fourth-order valence-corrected chi connectivity index (χ4v) is 5.01. The van der Waals surface area contributed by atoms with Crippen molar-refractivity contribution in [3.05, 3.63) is 114 Å². The topological polar surface area (TPSA) is 84.2 Å². The number of fused-ring (bicyclic) bond motifs is 2. The molecule has 5 rings (SSSR count). The van der Waals surface area contributed by atoms with Gasteiger partial charge in [-0.3, -0.25) is 4.79 Å². The van der Waals surface area contributed by atoms with Crippen LogP contribution in [0, 0.1) is 5.92 Å². The number of nitrogens with one attached hydrogen (secondary N) is 1. The van der Waals surface area contributed by atoms with E-state index in [1.807, 2.05) is 43.4 Å². The van der Waals surface area contributed by atoms with Crippen molar-refractivity contribution in [3.63, 3.8) is 0 Å². The van der Waals surface area contributed by atoms with Crippen LogP contribution in [0.15, 0.2) is 97.5 Å². The van der Waals surface area contributed by atoms with E-state index >= 15 is 0 Å². The molecule has 0 spiro atoms. The molecular formula is C31H29N3O3. The molecule has 0 radical (unpaired) electrons. The number of aromatic nitrogens is 2. The van der Waals surface area contributed by atoms with E-state index in [1.54, 1.807) is 17.1 Å². The molecule has 0 aliphatic carbocycles. The van der Waals surface area contributed by atoms with Gasteiger partial charge in [-0.2, -0.15) is 0 Å². The molecule has 186 valence electrons. The maximum Gasteiger partial charge on any atom is 0.326 e. The maximum atomic E-state index is 13.8. The van der Waals surface area contributed by atoms with Crippen LogP contribution in [-0.4, -0.2) is 32.6 Å². The summed E-state index contributed by atoms with van der Waals surface area (Å²) in [5, 5.41) is 17.2. The molecule has 1 atom stereocenters. The van der Waals surface area contributed by atoms with Gasteiger partial charge < -0.3 is 15.0 Å². The molecule has 6 heteroatoms. The number of rotatable bonds is 9. The number of aryl methyl sites for hydroxylation is 1. The summed E-state index contributed by atoms with van der Waals surface area (Å²) >= 11 is 0. The Balaban J connectivity index is 1.48. The van der Waals surface area contributed by atoms with E-state index in [-0.39, 0.29) is 12.3 Å². The number of imidazole rings is 1. The summed E-state index contributed by atoms with van der Waals surface area (Å²) in [5.41, 5.74) is 2.88. The van der Waals surface area contributed by atoms with Crippen molar-refractivity contribution >= 4 is 33.4 Å². The molecule has 0 bridgehead atoms. The summed E-state index contributed by atoms with van der Waals surface area (Å²) in [6.07, 6.45) is 4.40. The Morgan fingerprint density at radius 1 is 0.811 bits per heavy atom. The average Bonchev–Trinajstić information content (AvgIpc) is 3.32. The fraction of sp³-hybridized carbons (Fsp3) is 0.194. The Kier molecular flexibility index (Phi) is 6.99. The monoisotopic (exact) mass is 491 g/mol. The highest BCUT2D eigenvalue weighted by Crippen LogP contribution is 2.26. The summed E-state index contributed by atoms with van der Waals surface area (Å²) in [6, 6.07) is 27.5. The number of carbonyl (C=O) groups is 2. The second-order valence-electron chi connectivity index (χ2n) is 9.48. The van der Waals surface area contributed by atoms with Crippen LogP contribution in [-0.2, 0) is 35.9 Å². The van der Waals surface area contributed by atoms with Crippen molar-refractivity contribution in [1.29, 1.82) is 0 Å². The van der Waals surface area contributed by atoms with Gasteiger partial charge in [0, 0.05) is 31.3 Å². The quantitative estimate of drug-likeness (QED) is 0.306. The number of carbonyl (C=O) groups excluding carboxylic acids is 1. The lowest BCUT2D eigenvalue weighted by Gasteiger charge is -2.22. The van der Waals surface area contributed by atoms with Crippen LogP contribution >= 0.6 is 0 Å². The lowest BCUT2D eigenvalue weighted by molar-refractivity contribution is -0.142. The minimum atomic E-state index is -1.07. The predicted molar refractivity (Wildman–Crippen MR) is 145 cm³/mol. The first kappa shape index (κ1) is 24.3. The molecule has 0 unspecified atom stereocenters. The molecule has 6 nitrogen and oxygen atoms in total. The van der Waals surface area contributed by atoms with Gasteiger partial charge in [0.1, 0.15) is 6.04 Å². The lowest BCUT2D eigenvalue weighted by atomic mass is 9.87. The largest absolute Gasteiger partial charge is 0.480 e. The Labute approximate surface area is 215 Å². The van der Waals surface area contributed by atoms with E-state index < -0.39 is 17.9 Å². The maximum absolute atomic E-state index is 13.8. The highest BCUT2D eigenvalue weighted by Gasteiger charge is 2.27. The number of nitrogens with zero attached hydrogens (tertiary/aromatic N) is 2. The molecular weight excluding hydrogens is 462 g/mol. The standard InChI is InChI=1S/C31H29N3O3/c1-34-20-32-19-26(34)18-29(31(36)37)33-30(35)25(16-23-12-6-10-21-8-2-4-14-27(21)23)17-24-13-7-11-22-9-3-5-15-28(22)24/h2-15,19-20,25,29H,16-18H2,1H3,(H,33,35)(H,36,37)/t29-/m0/s1. The van der Waals surface area contributed by atoms with Gasteiger partial charge in [-0.1, -0.05) is 84.9 Å². The van der Waals surface area contributed by atoms with Crippen molar-refractivity contribution in [3.8, 4) is 0 Å². The van der Waals surface area contributed by atoms with Gasteiger partial charge in [-0.15, -0.1) is 0 Å². The second kappa shape index (κ2) is 10.7. The third-order valence-electron chi connectivity index (χ3n) is 7.01. The van der Waals surface area contributed by atoms with Gasteiger partial charge in [-0.05, 0) is 45.5 Å². The van der Waals surface area contributed by atoms with Crippen molar-refractivity contribution < 1.29 is 14.7 Å². The smallest absolute Gasteiger partial charge is 0.326 e. The first-order chi connectivity index (χ1) is 18.0. The van der Waals surface area contributed by atoms with E-state index in [0.29, 0.717) is 12.8 Å². The third kappa shape index (κ3) is 5.38. The summed E-state index contributed by atoms with van der Waals surface area (Å²) in [4.78, 5) is 29.9. The van der Waals surface area contributed by atoms with Crippen molar-refractivity contribution in [2.75, 3.05) is 0 Å². The molecule has 4 aromatic carbocycles. The lowest BCUT2D eigenvalue weighted by Crippen LogP contribution is -2.46. The molecule has 1 heterocycles. The number of hydrogen-bond donors (Lipinski definition) is 2. The summed E-state index contributed by atoms with van der Waals surface area (Å²) in [5.74, 6) is -1.79. The zero-order chi connectivity index (χ0) is 25.8. The van der Waals surface area contributed by atoms with Gasteiger partial charge in [-0.25, -0.2) is 9.78 Å². The van der Waals surface area contributed by atoms with Gasteiger partial charge in [0.2, 0.25) is 5.91 Å². The van der Waals surface area contributed by atoms with Crippen LogP contribution in [0.1, 0.15) is 16.8 Å². The fourth-order valence-electron chi connectivity index (χ4n) is 5.01. The van der Waals surface area contributed by atoms with Crippen LogP contribution in [0.2, 0.25) is 0 Å². The third-order valence-corrected chi connectivity index (χ3v) is 7.01. The summed E-state index contributed by atoms with van der Waals surface area (Å²) < 4.78 is 1.77. The first-order valence-corrected chi connectivity index (χ1v) is 12.4. The Hall–Kier alpha value is -4.45. The van der Waals surface area contributed by atoms with Crippen LogP contribution in [0.25, 0.3) is 21.5 Å². The molecule has 0 aliphatic rings. The zero-order valence-corrected chi connectivity index (χ0v) is 20.7. The highest BCUT2D eigenvalue weighted by atomic mass is 16.4. The molecule has 2 N–H and O–H groups in total. The molecule has 1 amide bonds. The van der Waals surface area contributed by atoms with Crippen LogP contribution in [0.3, 0.4) is 0 Å². The van der Waals surface area contributed by atoms with E-state index in [1.165, 1.54) is 0 Å². The van der Waals surface area contributed by atoms with E-state index in [9.17, 15) is 14.7 Å². The van der Waals surface area contributed by atoms with Crippen molar-refractivity contribution in [2.45, 2.75) is 25.3 Å². The summed E-state index contributed by atoms with van der Waals surface area (Å²) in [7, 11) is 1.81. The van der Waals surface area contributed by atoms with Crippen LogP contribution in [0.4, 0.5) is 0 Å². The Bertz CT molecular complexity index is 1480. The van der Waals surface area contributed by atoms with Gasteiger partial charge in [0.05, 0.1) is 6.33 Å². The Morgan fingerprint density at radius 2 is 1.35 bits per heavy atom. The molecule has 37 heavy (non-hydrogen) atoms. The van der Waals surface area contributed by atoms with Gasteiger partial charge in [0.15, 0.2) is 0 Å². The number of amides is 1. The molecule has 0 fully saturated rings. The average molecular weight is 492 g/mol. The number of aliphatic carboxylic acids is 1. The van der Waals surface area contributed by atoms with Gasteiger partial charge >= 0.3 is 5.97 Å².